The van der Waals surface area contributed by atoms with E-state index in [1.54, 1.807) is 18.2 Å². The first-order chi connectivity index (χ1) is 14.4. The van der Waals surface area contributed by atoms with Crippen LogP contribution in [0.4, 0.5) is 13.2 Å². The van der Waals surface area contributed by atoms with Crippen LogP contribution >= 0.6 is 0 Å². The van der Waals surface area contributed by atoms with Gasteiger partial charge in [0.25, 0.3) is 5.91 Å². The molecular formula is C22H19F3N2O3. The van der Waals surface area contributed by atoms with Gasteiger partial charge in [-0.1, -0.05) is 36.4 Å². The van der Waals surface area contributed by atoms with E-state index >= 15 is 0 Å². The van der Waals surface area contributed by atoms with Crippen molar-refractivity contribution >= 4 is 5.91 Å². The Bertz CT molecular complexity index is 991. The first-order valence-electron chi connectivity index (χ1n) is 9.02. The number of hydrogen-bond donors (Lipinski definition) is 1. The van der Waals surface area contributed by atoms with Gasteiger partial charge in [0, 0.05) is 18.3 Å². The second-order valence-electron chi connectivity index (χ2n) is 6.37. The largest absolute Gasteiger partial charge is 0.493 e. The van der Waals surface area contributed by atoms with Crippen LogP contribution in [0.5, 0.6) is 11.5 Å². The number of nitrogens with one attached hydrogen (secondary N) is 1. The number of amides is 1. The lowest BCUT2D eigenvalue weighted by molar-refractivity contribution is -0.141. The number of hydrogen-bond acceptors (Lipinski definition) is 4. The molecule has 1 heterocycles. The summed E-state index contributed by atoms with van der Waals surface area (Å²) in [6.07, 6.45) is -3.41. The fourth-order valence-electron chi connectivity index (χ4n) is 2.64. The molecule has 0 aliphatic carbocycles. The normalized spacial score (nSPS) is 11.1. The van der Waals surface area contributed by atoms with E-state index in [4.69, 9.17) is 9.47 Å². The number of alkyl halides is 3. The highest BCUT2D eigenvalue weighted by atomic mass is 19.4. The number of benzene rings is 2. The van der Waals surface area contributed by atoms with Crippen LogP contribution in [-0.2, 0) is 19.3 Å². The SMILES string of the molecule is COc1cc(C(=O)NCc2ccc(C(F)(F)F)nc2)ccc1OCc1ccccc1. The van der Waals surface area contributed by atoms with E-state index < -0.39 is 17.8 Å². The van der Waals surface area contributed by atoms with E-state index in [0.29, 0.717) is 29.2 Å². The van der Waals surface area contributed by atoms with Crippen LogP contribution in [0.25, 0.3) is 0 Å². The summed E-state index contributed by atoms with van der Waals surface area (Å²) < 4.78 is 48.7. The number of aromatic nitrogens is 1. The molecule has 0 radical (unpaired) electrons. The van der Waals surface area contributed by atoms with E-state index in [1.807, 2.05) is 30.3 Å². The second-order valence-corrected chi connectivity index (χ2v) is 6.37. The fourth-order valence-corrected chi connectivity index (χ4v) is 2.64. The molecule has 1 amide bonds. The Morgan fingerprint density at radius 1 is 1.00 bits per heavy atom. The number of ether oxygens (including phenoxy) is 2. The van der Waals surface area contributed by atoms with Gasteiger partial charge in [-0.25, -0.2) is 0 Å². The first kappa shape index (κ1) is 21.2. The maximum Gasteiger partial charge on any atom is 0.433 e. The molecule has 1 N–H and O–H groups in total. The summed E-state index contributed by atoms with van der Waals surface area (Å²) in [5.74, 6) is 0.488. The summed E-state index contributed by atoms with van der Waals surface area (Å²) in [6.45, 7) is 0.391. The van der Waals surface area contributed by atoms with Crippen LogP contribution in [0.2, 0.25) is 0 Å². The Labute approximate surface area is 171 Å². The van der Waals surface area contributed by atoms with Crippen molar-refractivity contribution in [3.8, 4) is 11.5 Å². The van der Waals surface area contributed by atoms with Gasteiger partial charge in [-0.15, -0.1) is 0 Å². The number of halogens is 3. The van der Waals surface area contributed by atoms with Crippen molar-refractivity contribution < 1.29 is 27.4 Å². The zero-order chi connectivity index (χ0) is 21.6. The molecule has 0 spiro atoms. The molecule has 0 aliphatic rings. The number of rotatable bonds is 7. The van der Waals surface area contributed by atoms with Crippen molar-refractivity contribution in [3.05, 3.63) is 89.2 Å². The van der Waals surface area contributed by atoms with Crippen molar-refractivity contribution in [2.24, 2.45) is 0 Å². The van der Waals surface area contributed by atoms with Crippen LogP contribution < -0.4 is 14.8 Å². The van der Waals surface area contributed by atoms with Gasteiger partial charge in [-0.2, -0.15) is 13.2 Å². The number of nitrogens with zero attached hydrogens (tertiary/aromatic N) is 1. The third kappa shape index (κ3) is 5.50. The molecule has 0 atom stereocenters. The molecule has 156 valence electrons. The standard InChI is InChI=1S/C22H19F3N2O3/c1-29-19-11-17(8-9-18(19)30-14-15-5-3-2-4-6-15)21(28)27-13-16-7-10-20(26-12-16)22(23,24)25/h2-12H,13-14H2,1H3,(H,27,28). The summed E-state index contributed by atoms with van der Waals surface area (Å²) in [4.78, 5) is 15.8. The van der Waals surface area contributed by atoms with Crippen molar-refractivity contribution in [1.29, 1.82) is 0 Å². The van der Waals surface area contributed by atoms with E-state index in [0.717, 1.165) is 17.8 Å². The minimum absolute atomic E-state index is 0.0402. The average molecular weight is 416 g/mol. The molecule has 0 bridgehead atoms. The lowest BCUT2D eigenvalue weighted by atomic mass is 10.1. The molecule has 1 aromatic heterocycles. The van der Waals surface area contributed by atoms with Crippen LogP contribution in [0.3, 0.4) is 0 Å². The predicted octanol–water partition coefficient (Wildman–Crippen LogP) is 4.62. The minimum Gasteiger partial charge on any atom is -0.493 e. The molecule has 0 saturated carbocycles. The van der Waals surface area contributed by atoms with Gasteiger partial charge in [0.2, 0.25) is 0 Å². The summed E-state index contributed by atoms with van der Waals surface area (Å²) in [5, 5.41) is 2.65. The quantitative estimate of drug-likeness (QED) is 0.611. The Morgan fingerprint density at radius 2 is 1.77 bits per heavy atom. The van der Waals surface area contributed by atoms with Gasteiger partial charge in [0.05, 0.1) is 7.11 Å². The van der Waals surface area contributed by atoms with Gasteiger partial charge in [0.1, 0.15) is 12.3 Å². The third-order valence-electron chi connectivity index (χ3n) is 4.23. The first-order valence-corrected chi connectivity index (χ1v) is 9.02. The molecule has 5 nitrogen and oxygen atoms in total. The molecule has 8 heteroatoms. The maximum atomic E-state index is 12.6. The Hall–Kier alpha value is -3.55. The number of carbonyl (C=O) groups is 1. The second kappa shape index (κ2) is 9.30. The molecule has 0 fully saturated rings. The topological polar surface area (TPSA) is 60.5 Å². The molecule has 0 unspecified atom stereocenters. The predicted molar refractivity (Wildman–Crippen MR) is 104 cm³/mol. The minimum atomic E-state index is -4.50. The highest BCUT2D eigenvalue weighted by molar-refractivity contribution is 5.94. The van der Waals surface area contributed by atoms with Crippen molar-refractivity contribution in [2.75, 3.05) is 7.11 Å². The van der Waals surface area contributed by atoms with Crippen molar-refractivity contribution in [1.82, 2.24) is 10.3 Å². The van der Waals surface area contributed by atoms with Crippen LogP contribution in [0, 0.1) is 0 Å². The van der Waals surface area contributed by atoms with Gasteiger partial charge in [-0.05, 0) is 35.4 Å². The smallest absolute Gasteiger partial charge is 0.433 e. The van der Waals surface area contributed by atoms with Crippen LogP contribution in [0.1, 0.15) is 27.2 Å². The summed E-state index contributed by atoms with van der Waals surface area (Å²) in [7, 11) is 1.47. The maximum absolute atomic E-state index is 12.6. The van der Waals surface area contributed by atoms with Gasteiger partial charge in [-0.3, -0.25) is 9.78 Å². The highest BCUT2D eigenvalue weighted by Gasteiger charge is 2.31. The molecule has 30 heavy (non-hydrogen) atoms. The molecule has 2 aromatic carbocycles. The van der Waals surface area contributed by atoms with Gasteiger partial charge >= 0.3 is 6.18 Å². The molecular weight excluding hydrogens is 397 g/mol. The lowest BCUT2D eigenvalue weighted by Crippen LogP contribution is -2.23. The molecule has 0 aliphatic heterocycles. The van der Waals surface area contributed by atoms with E-state index in [-0.39, 0.29) is 6.54 Å². The zero-order valence-electron chi connectivity index (χ0n) is 16.1. The molecule has 3 aromatic rings. The van der Waals surface area contributed by atoms with Gasteiger partial charge in [0.15, 0.2) is 11.5 Å². The summed E-state index contributed by atoms with van der Waals surface area (Å²) in [6, 6.07) is 16.5. The summed E-state index contributed by atoms with van der Waals surface area (Å²) >= 11 is 0. The monoisotopic (exact) mass is 416 g/mol. The van der Waals surface area contributed by atoms with E-state index in [9.17, 15) is 18.0 Å². The van der Waals surface area contributed by atoms with Crippen LogP contribution in [-0.4, -0.2) is 18.0 Å². The van der Waals surface area contributed by atoms with Crippen molar-refractivity contribution in [3.63, 3.8) is 0 Å². The average Bonchev–Trinajstić information content (AvgIpc) is 2.76. The molecule has 0 saturated heterocycles. The number of methoxy groups -OCH3 is 1. The lowest BCUT2D eigenvalue weighted by Gasteiger charge is -2.13. The molecule has 3 rings (SSSR count). The highest BCUT2D eigenvalue weighted by Crippen LogP contribution is 2.29. The summed E-state index contributed by atoms with van der Waals surface area (Å²) in [5.41, 5.74) is 0.796. The Balaban J connectivity index is 1.61. The van der Waals surface area contributed by atoms with Crippen LogP contribution in [0.15, 0.2) is 66.9 Å². The Morgan fingerprint density at radius 3 is 2.40 bits per heavy atom. The van der Waals surface area contributed by atoms with E-state index in [1.165, 1.54) is 13.2 Å². The third-order valence-corrected chi connectivity index (χ3v) is 4.23. The van der Waals surface area contributed by atoms with Crippen molar-refractivity contribution in [2.45, 2.75) is 19.3 Å². The number of carbonyl (C=O) groups excluding carboxylic acids is 1. The zero-order valence-corrected chi connectivity index (χ0v) is 16.1. The Kier molecular flexibility index (Phi) is 6.56. The number of pyridine rings is 1. The fraction of sp³-hybridized carbons (Fsp3) is 0.182. The van der Waals surface area contributed by atoms with E-state index in [2.05, 4.69) is 10.3 Å². The van der Waals surface area contributed by atoms with Gasteiger partial charge < -0.3 is 14.8 Å².